The molecule has 2 nitrogen and oxygen atoms in total. The Morgan fingerprint density at radius 3 is 2.53 bits per heavy atom. The number of rotatable bonds is 7. The van der Waals surface area contributed by atoms with Gasteiger partial charge in [-0.05, 0) is 29.9 Å². The summed E-state index contributed by atoms with van der Waals surface area (Å²) in [5, 5.41) is 9.09. The van der Waals surface area contributed by atoms with Crippen LogP contribution < -0.4 is 0 Å². The van der Waals surface area contributed by atoms with Gasteiger partial charge in [-0.25, -0.2) is 0 Å². The van der Waals surface area contributed by atoms with Crippen LogP contribution in [0.1, 0.15) is 5.56 Å². The molecule has 0 radical (unpaired) electrons. The quantitative estimate of drug-likeness (QED) is 0.380. The average Bonchev–Trinajstić information content (AvgIpc) is 2.48. The number of hydrogen-bond acceptors (Lipinski definition) is 6. The van der Waals surface area contributed by atoms with Gasteiger partial charge in [-0.3, -0.25) is 0 Å². The standard InChI is InChI=1S/C12H14NOPS4/c1-17-15(16,18-2)14-9-12(8-13)19-10-11-6-4-3-5-7-11/h3-7,9H,10H2,1-2H3. The molecule has 0 N–H and O–H groups in total. The van der Waals surface area contributed by atoms with Gasteiger partial charge in [-0.2, -0.15) is 5.26 Å². The molecule has 0 unspecified atom stereocenters. The Balaban J connectivity index is 2.59. The van der Waals surface area contributed by atoms with Crippen LogP contribution in [0, 0.1) is 11.3 Å². The Kier molecular flexibility index (Phi) is 8.05. The van der Waals surface area contributed by atoms with Gasteiger partial charge in [0, 0.05) is 5.75 Å². The minimum absolute atomic E-state index is 0.557. The minimum atomic E-state index is -1.92. The molecule has 1 rings (SSSR count). The monoisotopic (exact) mass is 347 g/mol. The molecule has 1 aromatic carbocycles. The number of thioether (sulfide) groups is 1. The predicted molar refractivity (Wildman–Crippen MR) is 93.8 cm³/mol. The summed E-state index contributed by atoms with van der Waals surface area (Å²) in [7, 11) is 0. The van der Waals surface area contributed by atoms with Crippen LogP contribution in [0.4, 0.5) is 0 Å². The lowest BCUT2D eigenvalue weighted by Crippen LogP contribution is -1.81. The fourth-order valence-corrected chi connectivity index (χ4v) is 5.12. The first-order valence-corrected chi connectivity index (χ1v) is 12.7. The van der Waals surface area contributed by atoms with E-state index in [9.17, 15) is 0 Å². The molecule has 1 aromatic rings. The van der Waals surface area contributed by atoms with Crippen molar-refractivity contribution in [2.45, 2.75) is 5.75 Å². The molecular formula is C12H14NOPS4. The molecule has 0 aliphatic carbocycles. The summed E-state index contributed by atoms with van der Waals surface area (Å²) in [4.78, 5) is 0.557. The van der Waals surface area contributed by atoms with Crippen LogP contribution in [0.25, 0.3) is 0 Å². The normalized spacial score (nSPS) is 11.9. The molecule has 0 bridgehead atoms. The van der Waals surface area contributed by atoms with Crippen molar-refractivity contribution in [3.8, 4) is 6.07 Å². The van der Waals surface area contributed by atoms with Gasteiger partial charge in [0.05, 0.1) is 0 Å². The van der Waals surface area contributed by atoms with Gasteiger partial charge in [-0.1, -0.05) is 53.1 Å². The summed E-state index contributed by atoms with van der Waals surface area (Å²) in [6, 6.07) is 12.2. The maximum atomic E-state index is 9.09. The predicted octanol–water partition coefficient (Wildman–Crippen LogP) is 5.25. The van der Waals surface area contributed by atoms with Crippen LogP contribution >= 0.6 is 39.2 Å². The van der Waals surface area contributed by atoms with Gasteiger partial charge in [-0.15, -0.1) is 11.8 Å². The van der Waals surface area contributed by atoms with E-state index in [0.29, 0.717) is 4.91 Å². The first kappa shape index (κ1) is 17.0. The van der Waals surface area contributed by atoms with Crippen molar-refractivity contribution in [1.29, 1.82) is 5.26 Å². The summed E-state index contributed by atoms with van der Waals surface area (Å²) < 4.78 is 3.70. The van der Waals surface area contributed by atoms with E-state index in [-0.39, 0.29) is 0 Å². The topological polar surface area (TPSA) is 33.0 Å². The molecule has 0 saturated carbocycles. The van der Waals surface area contributed by atoms with Crippen molar-refractivity contribution >= 4 is 51.0 Å². The van der Waals surface area contributed by atoms with Gasteiger partial charge in [0.15, 0.2) is 0 Å². The van der Waals surface area contributed by atoms with E-state index in [1.807, 2.05) is 42.8 Å². The lowest BCUT2D eigenvalue weighted by molar-refractivity contribution is 0.555. The van der Waals surface area contributed by atoms with Gasteiger partial charge in [0.2, 0.25) is 4.67 Å². The number of hydrogen-bond donors (Lipinski definition) is 0. The number of allylic oxidation sites excluding steroid dienone is 1. The largest absolute Gasteiger partial charge is 0.454 e. The van der Waals surface area contributed by atoms with E-state index in [4.69, 9.17) is 21.6 Å². The van der Waals surface area contributed by atoms with Gasteiger partial charge < -0.3 is 4.52 Å². The molecule has 19 heavy (non-hydrogen) atoms. The summed E-state index contributed by atoms with van der Waals surface area (Å²) in [6.45, 7) is 0. The fraction of sp³-hybridized carbons (Fsp3) is 0.250. The van der Waals surface area contributed by atoms with Crippen molar-refractivity contribution < 1.29 is 4.52 Å². The Bertz CT molecular complexity index is 504. The van der Waals surface area contributed by atoms with Crippen LogP contribution in [0.2, 0.25) is 0 Å². The highest BCUT2D eigenvalue weighted by atomic mass is 33.2. The molecule has 7 heteroatoms. The van der Waals surface area contributed by atoms with Crippen LogP contribution in [-0.2, 0) is 22.1 Å². The molecular weight excluding hydrogens is 333 g/mol. The molecule has 0 aliphatic rings. The second-order valence-corrected chi connectivity index (χ2v) is 15.0. The second kappa shape index (κ2) is 8.99. The van der Waals surface area contributed by atoms with E-state index < -0.39 is 4.67 Å². The number of nitriles is 1. The van der Waals surface area contributed by atoms with E-state index in [0.717, 1.165) is 5.75 Å². The van der Waals surface area contributed by atoms with Crippen molar-refractivity contribution in [1.82, 2.24) is 0 Å². The molecule has 0 amide bonds. The van der Waals surface area contributed by atoms with Crippen molar-refractivity contribution in [2.24, 2.45) is 0 Å². The third kappa shape index (κ3) is 6.29. The molecule has 0 saturated heterocycles. The van der Waals surface area contributed by atoms with Crippen LogP contribution in [-0.4, -0.2) is 12.5 Å². The lowest BCUT2D eigenvalue weighted by atomic mass is 10.2. The van der Waals surface area contributed by atoms with Crippen molar-refractivity contribution in [2.75, 3.05) is 12.5 Å². The second-order valence-electron chi connectivity index (χ2n) is 3.29. The first-order chi connectivity index (χ1) is 9.13. The highest BCUT2D eigenvalue weighted by Gasteiger charge is 2.14. The highest BCUT2D eigenvalue weighted by molar-refractivity contribution is 8.98. The highest BCUT2D eigenvalue weighted by Crippen LogP contribution is 2.68. The summed E-state index contributed by atoms with van der Waals surface area (Å²) >= 11 is 9.95. The molecule has 0 fully saturated rings. The summed E-state index contributed by atoms with van der Waals surface area (Å²) in [5.74, 6) is 0.755. The maximum absolute atomic E-state index is 9.09. The SMILES string of the molecule is CSP(=S)(OC=C(C#N)SCc1ccccc1)SC. The zero-order chi connectivity index (χ0) is 14.1. The zero-order valence-electron chi connectivity index (χ0n) is 10.6. The number of benzene rings is 1. The summed E-state index contributed by atoms with van der Waals surface area (Å²) in [6.07, 6.45) is 5.39. The Morgan fingerprint density at radius 2 is 2.00 bits per heavy atom. The zero-order valence-corrected chi connectivity index (χ0v) is 14.8. The molecule has 0 aliphatic heterocycles. The van der Waals surface area contributed by atoms with Gasteiger partial charge in [0.25, 0.3) is 0 Å². The van der Waals surface area contributed by atoms with Crippen LogP contribution in [0.3, 0.4) is 0 Å². The smallest absolute Gasteiger partial charge is 0.221 e. The third-order valence-electron chi connectivity index (χ3n) is 2.08. The molecule has 0 aromatic heterocycles. The first-order valence-electron chi connectivity index (χ1n) is 5.30. The Labute approximate surface area is 132 Å². The lowest BCUT2D eigenvalue weighted by Gasteiger charge is -2.15. The third-order valence-corrected chi connectivity index (χ3v) is 13.1. The van der Waals surface area contributed by atoms with E-state index >= 15 is 0 Å². The molecule has 0 spiro atoms. The molecule has 0 atom stereocenters. The van der Waals surface area contributed by atoms with E-state index in [1.54, 1.807) is 22.8 Å². The van der Waals surface area contributed by atoms with Gasteiger partial charge in [0.1, 0.15) is 17.2 Å². The van der Waals surface area contributed by atoms with Gasteiger partial charge >= 0.3 is 0 Å². The van der Waals surface area contributed by atoms with Crippen molar-refractivity contribution in [3.05, 3.63) is 47.1 Å². The van der Waals surface area contributed by atoms with Crippen LogP contribution in [0.15, 0.2) is 41.5 Å². The Hall–Kier alpha value is -0.0500. The average molecular weight is 347 g/mol. The van der Waals surface area contributed by atoms with Crippen molar-refractivity contribution in [3.63, 3.8) is 0 Å². The Morgan fingerprint density at radius 1 is 1.37 bits per heavy atom. The molecule has 0 heterocycles. The van der Waals surface area contributed by atoms with Crippen LogP contribution in [0.5, 0.6) is 0 Å². The number of nitrogens with zero attached hydrogens (tertiary/aromatic N) is 1. The van der Waals surface area contributed by atoms with E-state index in [1.165, 1.54) is 23.6 Å². The van der Waals surface area contributed by atoms with E-state index in [2.05, 4.69) is 6.07 Å². The maximum Gasteiger partial charge on any atom is 0.221 e. The molecule has 102 valence electrons. The summed E-state index contributed by atoms with van der Waals surface area (Å²) in [5.41, 5.74) is 1.18. The minimum Gasteiger partial charge on any atom is -0.454 e. The fourth-order valence-electron chi connectivity index (χ4n) is 1.10.